The quantitative estimate of drug-likeness (QED) is 0.553. The summed E-state index contributed by atoms with van der Waals surface area (Å²) >= 11 is 0. The zero-order valence-corrected chi connectivity index (χ0v) is 15.1. The minimum absolute atomic E-state index is 0. The van der Waals surface area contributed by atoms with Gasteiger partial charge in [-0.1, -0.05) is 30.3 Å². The largest absolute Gasteiger partial charge is 0.369 e. The average molecular weight is 378 g/mol. The van der Waals surface area contributed by atoms with Crippen molar-refractivity contribution in [3.8, 4) is 0 Å². The molecule has 0 saturated heterocycles. The van der Waals surface area contributed by atoms with E-state index in [-0.39, 0.29) is 18.3 Å². The lowest BCUT2D eigenvalue weighted by Gasteiger charge is -2.08. The van der Waals surface area contributed by atoms with Crippen molar-refractivity contribution in [2.24, 2.45) is 4.99 Å². The fourth-order valence-corrected chi connectivity index (χ4v) is 3.39. The third-order valence-corrected chi connectivity index (χ3v) is 4.58. The summed E-state index contributed by atoms with van der Waals surface area (Å²) in [6, 6.07) is 17.2. The van der Waals surface area contributed by atoms with Gasteiger partial charge in [0.25, 0.3) is 5.91 Å². The van der Waals surface area contributed by atoms with Gasteiger partial charge in [-0.25, -0.2) is 4.98 Å². The van der Waals surface area contributed by atoms with E-state index in [9.17, 15) is 4.79 Å². The maximum absolute atomic E-state index is 12.9. The van der Waals surface area contributed by atoms with E-state index in [4.69, 9.17) is 0 Å². The van der Waals surface area contributed by atoms with Crippen LogP contribution in [-0.4, -0.2) is 27.0 Å². The van der Waals surface area contributed by atoms with Crippen molar-refractivity contribution in [1.82, 2.24) is 14.5 Å². The number of hydrogen-bond acceptors (Lipinski definition) is 4. The molecule has 1 N–H and O–H groups in total. The zero-order chi connectivity index (χ0) is 17.5. The number of benzene rings is 2. The normalized spacial score (nSPS) is 13.3. The molecule has 0 spiro atoms. The Hall–Kier alpha value is -3.25. The van der Waals surface area contributed by atoms with Gasteiger partial charge in [0.2, 0.25) is 5.62 Å². The predicted molar refractivity (Wildman–Crippen MR) is 107 cm³/mol. The smallest absolute Gasteiger partial charge is 0.282 e. The van der Waals surface area contributed by atoms with Gasteiger partial charge in [0.15, 0.2) is 0 Å². The first-order valence-electron chi connectivity index (χ1n) is 8.47. The van der Waals surface area contributed by atoms with Crippen LogP contribution in [-0.2, 0) is 6.54 Å². The Balaban J connectivity index is 0.00000180. The molecule has 1 aliphatic rings. The van der Waals surface area contributed by atoms with Crippen LogP contribution in [0.4, 0.5) is 5.82 Å². The molecule has 134 valence electrons. The number of carbonyl (C=O) groups is 1. The molecule has 0 atom stereocenters. The van der Waals surface area contributed by atoms with Crippen LogP contribution in [0.2, 0.25) is 0 Å². The molecule has 6 nitrogen and oxygen atoms in total. The fraction of sp³-hybridized carbons (Fsp3) is 0.100. The zero-order valence-electron chi connectivity index (χ0n) is 14.3. The lowest BCUT2D eigenvalue weighted by atomic mass is 10.1. The van der Waals surface area contributed by atoms with Gasteiger partial charge < -0.3 is 5.32 Å². The van der Waals surface area contributed by atoms with Crippen molar-refractivity contribution in [2.45, 2.75) is 6.54 Å². The summed E-state index contributed by atoms with van der Waals surface area (Å²) < 4.78 is 1.96. The number of pyridine rings is 1. The second-order valence-corrected chi connectivity index (χ2v) is 6.15. The number of nitrogens with zero attached hydrogens (tertiary/aromatic N) is 4. The van der Waals surface area contributed by atoms with Gasteiger partial charge in [0.05, 0.1) is 16.6 Å². The molecule has 5 rings (SSSR count). The topological polar surface area (TPSA) is 72.2 Å². The van der Waals surface area contributed by atoms with Crippen molar-refractivity contribution in [3.05, 3.63) is 72.0 Å². The minimum atomic E-state index is -0.335. The molecule has 27 heavy (non-hydrogen) atoms. The number of fused-ring (bicyclic) bond motifs is 4. The van der Waals surface area contributed by atoms with Crippen molar-refractivity contribution in [3.63, 3.8) is 0 Å². The first-order chi connectivity index (χ1) is 12.8. The van der Waals surface area contributed by atoms with E-state index in [0.29, 0.717) is 16.7 Å². The summed E-state index contributed by atoms with van der Waals surface area (Å²) in [4.78, 5) is 26.2. The summed E-state index contributed by atoms with van der Waals surface area (Å²) in [6.07, 6.45) is 1.68. The Morgan fingerprint density at radius 2 is 1.93 bits per heavy atom. The van der Waals surface area contributed by atoms with Gasteiger partial charge in [-0.3, -0.25) is 14.3 Å². The van der Waals surface area contributed by atoms with Crippen LogP contribution in [0.25, 0.3) is 21.8 Å². The third-order valence-electron chi connectivity index (χ3n) is 4.58. The van der Waals surface area contributed by atoms with E-state index in [1.165, 1.54) is 0 Å². The van der Waals surface area contributed by atoms with E-state index >= 15 is 0 Å². The second kappa shape index (κ2) is 6.81. The number of anilines is 1. The molecule has 0 bridgehead atoms. The Morgan fingerprint density at radius 1 is 1.07 bits per heavy atom. The monoisotopic (exact) mass is 377 g/mol. The van der Waals surface area contributed by atoms with E-state index in [1.54, 1.807) is 12.3 Å². The first kappa shape index (κ1) is 17.2. The van der Waals surface area contributed by atoms with E-state index < -0.39 is 0 Å². The highest BCUT2D eigenvalue weighted by atomic mass is 35.5. The van der Waals surface area contributed by atoms with Gasteiger partial charge in [-0.2, -0.15) is 4.99 Å². The number of aromatic nitrogens is 3. The van der Waals surface area contributed by atoms with Crippen molar-refractivity contribution < 1.29 is 4.79 Å². The van der Waals surface area contributed by atoms with Gasteiger partial charge in [-0.05, 0) is 24.3 Å². The number of para-hydroxylation sites is 2. The highest BCUT2D eigenvalue weighted by molar-refractivity contribution is 6.05. The van der Waals surface area contributed by atoms with Crippen LogP contribution in [0.1, 0.15) is 10.4 Å². The van der Waals surface area contributed by atoms with E-state index in [1.807, 2.05) is 53.1 Å². The van der Waals surface area contributed by atoms with Gasteiger partial charge in [-0.15, -0.1) is 12.4 Å². The Labute approximate surface area is 161 Å². The molecule has 4 aromatic rings. The lowest BCUT2D eigenvalue weighted by Crippen LogP contribution is -2.24. The third kappa shape index (κ3) is 2.84. The van der Waals surface area contributed by atoms with E-state index in [2.05, 4.69) is 20.3 Å². The van der Waals surface area contributed by atoms with Gasteiger partial charge in [0.1, 0.15) is 5.82 Å². The number of hydrogen-bond donors (Lipinski definition) is 1. The Morgan fingerprint density at radius 3 is 2.85 bits per heavy atom. The predicted octanol–water partition coefficient (Wildman–Crippen LogP) is 3.17. The van der Waals surface area contributed by atoms with Crippen LogP contribution in [0.3, 0.4) is 0 Å². The average Bonchev–Trinajstić information content (AvgIpc) is 3.18. The summed E-state index contributed by atoms with van der Waals surface area (Å²) in [7, 11) is 0. The van der Waals surface area contributed by atoms with Crippen LogP contribution in [0.15, 0.2) is 65.8 Å². The standard InChI is InChI=1S/C20H15N5O.ClH/c26-19(15-8-3-5-13-6-4-10-21-17(13)15)24-20-23-16-9-2-1-7-14(16)18-22-11-12-25(18)20;/h1-10,22H,11-12H2;1H. The van der Waals surface area contributed by atoms with Crippen molar-refractivity contribution in [1.29, 1.82) is 0 Å². The number of carbonyl (C=O) groups excluding carboxylic acids is 1. The molecule has 2 aromatic carbocycles. The summed E-state index contributed by atoms with van der Waals surface area (Å²) in [5.74, 6) is 0.622. The second-order valence-electron chi connectivity index (χ2n) is 6.15. The minimum Gasteiger partial charge on any atom is -0.369 e. The molecular formula is C20H16ClN5O. The van der Waals surface area contributed by atoms with Gasteiger partial charge in [0, 0.05) is 30.1 Å². The molecule has 2 aromatic heterocycles. The van der Waals surface area contributed by atoms with Crippen molar-refractivity contribution >= 4 is 45.9 Å². The Bertz CT molecular complexity index is 1240. The molecule has 0 saturated carbocycles. The van der Waals surface area contributed by atoms with Crippen LogP contribution in [0, 0.1) is 0 Å². The lowest BCUT2D eigenvalue weighted by molar-refractivity contribution is 0.0998. The molecule has 0 radical (unpaired) electrons. The molecule has 3 heterocycles. The summed E-state index contributed by atoms with van der Waals surface area (Å²) in [5, 5.41) is 5.31. The van der Waals surface area contributed by atoms with Crippen LogP contribution >= 0.6 is 12.4 Å². The molecular weight excluding hydrogens is 362 g/mol. The molecule has 1 amide bonds. The van der Waals surface area contributed by atoms with Crippen molar-refractivity contribution in [2.75, 3.05) is 11.9 Å². The highest BCUT2D eigenvalue weighted by Crippen LogP contribution is 2.22. The summed E-state index contributed by atoms with van der Waals surface area (Å²) in [5.41, 5.74) is 2.38. The number of amides is 1. The molecule has 0 unspecified atom stereocenters. The highest BCUT2D eigenvalue weighted by Gasteiger charge is 2.16. The van der Waals surface area contributed by atoms with E-state index in [0.717, 1.165) is 35.2 Å². The number of rotatable bonds is 1. The van der Waals surface area contributed by atoms with Crippen LogP contribution < -0.4 is 10.9 Å². The SMILES string of the molecule is Cl.O=C(N=c1nc2ccccc2c2n1CCN2)c1cccc2cccnc12. The molecule has 0 fully saturated rings. The van der Waals surface area contributed by atoms with Gasteiger partial charge >= 0.3 is 0 Å². The maximum atomic E-state index is 12.9. The maximum Gasteiger partial charge on any atom is 0.282 e. The first-order valence-corrected chi connectivity index (χ1v) is 8.47. The number of halogens is 1. The fourth-order valence-electron chi connectivity index (χ4n) is 3.39. The Kier molecular flexibility index (Phi) is 4.33. The molecule has 7 heteroatoms. The molecule has 1 aliphatic heterocycles. The van der Waals surface area contributed by atoms with Crippen LogP contribution in [0.5, 0.6) is 0 Å². The number of nitrogens with one attached hydrogen (secondary N) is 1. The summed E-state index contributed by atoms with van der Waals surface area (Å²) in [6.45, 7) is 1.52. The molecule has 0 aliphatic carbocycles.